The lowest BCUT2D eigenvalue weighted by molar-refractivity contribution is 0.0988. The minimum atomic E-state index is -0.0602. The van der Waals surface area contributed by atoms with Crippen LogP contribution in [-0.2, 0) is 12.8 Å². The number of aromatic hydroxyl groups is 1. The lowest BCUT2D eigenvalue weighted by atomic mass is 10.0. The van der Waals surface area contributed by atoms with Gasteiger partial charge in [-0.15, -0.1) is 11.3 Å². The molecule has 0 fully saturated rings. The average Bonchev–Trinajstić information content (AvgIpc) is 2.94. The third kappa shape index (κ3) is 2.86. The molecule has 1 aliphatic rings. The molecular weight excluding hydrogens is 296 g/mol. The van der Waals surface area contributed by atoms with E-state index >= 15 is 0 Å². The zero-order valence-electron chi connectivity index (χ0n) is 12.9. The van der Waals surface area contributed by atoms with E-state index in [1.54, 1.807) is 17.2 Å². The van der Waals surface area contributed by atoms with Crippen molar-refractivity contribution in [2.75, 3.05) is 11.4 Å². The number of aromatic nitrogens is 1. The molecule has 116 valence electrons. The maximum atomic E-state index is 12.8. The molecule has 0 aliphatic carbocycles. The molecule has 0 atom stereocenters. The number of carbonyl (C=O) groups is 1. The number of phenolic OH excluding ortho intramolecular Hbond substituents is 1. The summed E-state index contributed by atoms with van der Waals surface area (Å²) < 4.78 is 0. The predicted octanol–water partition coefficient (Wildman–Crippen LogP) is 3.64. The third-order valence-electron chi connectivity index (χ3n) is 3.79. The van der Waals surface area contributed by atoms with Crippen LogP contribution >= 0.6 is 11.3 Å². The number of carbonyl (C=O) groups excluding carboxylic acids is 1. The molecule has 2 aromatic rings. The van der Waals surface area contributed by atoms with Gasteiger partial charge in [-0.05, 0) is 30.4 Å². The molecule has 0 radical (unpaired) electrons. The second kappa shape index (κ2) is 6.08. The number of hydrogen-bond acceptors (Lipinski definition) is 4. The third-order valence-corrected chi connectivity index (χ3v) is 4.80. The lowest BCUT2D eigenvalue weighted by Crippen LogP contribution is -2.35. The maximum Gasteiger partial charge on any atom is 0.270 e. The zero-order valence-corrected chi connectivity index (χ0v) is 13.7. The second-order valence-corrected chi connectivity index (χ2v) is 7.18. The van der Waals surface area contributed by atoms with Crippen LogP contribution in [0, 0.1) is 5.92 Å². The number of aryl methyl sites for hydroxylation is 1. The Morgan fingerprint density at radius 2 is 2.27 bits per heavy atom. The summed E-state index contributed by atoms with van der Waals surface area (Å²) in [5.41, 5.74) is 1.70. The number of hydrogen-bond donors (Lipinski definition) is 1. The lowest BCUT2D eigenvalue weighted by Gasteiger charge is -2.29. The molecule has 3 rings (SSSR count). The monoisotopic (exact) mass is 316 g/mol. The SMILES string of the molecule is CC(C)Cc1ncc(C(=O)N2CCCc3cccc(O)c32)s1. The standard InChI is InChI=1S/C17H20N2O2S/c1-11(2)9-15-18-10-14(22-15)17(21)19-8-4-6-12-5-3-7-13(20)16(12)19/h3,5,7,10-11,20H,4,6,8-9H2,1-2H3. The quantitative estimate of drug-likeness (QED) is 0.940. The van der Waals surface area contributed by atoms with Crippen LogP contribution in [0.25, 0.3) is 0 Å². The maximum absolute atomic E-state index is 12.8. The molecule has 1 aliphatic heterocycles. The Labute approximate surface area is 134 Å². The van der Waals surface area contributed by atoms with E-state index in [4.69, 9.17) is 0 Å². The molecule has 1 aromatic carbocycles. The molecule has 4 nitrogen and oxygen atoms in total. The van der Waals surface area contributed by atoms with Crippen LogP contribution in [0.15, 0.2) is 24.4 Å². The highest BCUT2D eigenvalue weighted by atomic mass is 32.1. The Bertz CT molecular complexity index is 694. The first-order valence-electron chi connectivity index (χ1n) is 7.63. The smallest absolute Gasteiger partial charge is 0.270 e. The molecule has 0 unspecified atom stereocenters. The number of nitrogens with zero attached hydrogens (tertiary/aromatic N) is 2. The van der Waals surface area contributed by atoms with Crippen LogP contribution in [0.2, 0.25) is 0 Å². The zero-order chi connectivity index (χ0) is 15.7. The van der Waals surface area contributed by atoms with Gasteiger partial charge in [-0.2, -0.15) is 0 Å². The summed E-state index contributed by atoms with van der Waals surface area (Å²) in [5.74, 6) is 0.640. The summed E-state index contributed by atoms with van der Waals surface area (Å²) >= 11 is 1.46. The van der Waals surface area contributed by atoms with Crippen LogP contribution in [0.5, 0.6) is 5.75 Å². The number of fused-ring (bicyclic) bond motifs is 1. The number of amides is 1. The Morgan fingerprint density at radius 3 is 3.05 bits per heavy atom. The van der Waals surface area contributed by atoms with Gasteiger partial charge in [0.05, 0.1) is 16.9 Å². The Kier molecular flexibility index (Phi) is 4.16. The Morgan fingerprint density at radius 1 is 1.45 bits per heavy atom. The summed E-state index contributed by atoms with van der Waals surface area (Å²) in [6.45, 7) is 4.92. The van der Waals surface area contributed by atoms with Gasteiger partial charge >= 0.3 is 0 Å². The minimum absolute atomic E-state index is 0.0602. The van der Waals surface area contributed by atoms with Crippen molar-refractivity contribution in [1.82, 2.24) is 4.98 Å². The molecule has 0 saturated heterocycles. The van der Waals surface area contributed by atoms with Crippen molar-refractivity contribution < 1.29 is 9.90 Å². The highest BCUT2D eigenvalue weighted by Gasteiger charge is 2.27. The number of anilines is 1. The topological polar surface area (TPSA) is 53.4 Å². The van der Waals surface area contributed by atoms with Crippen molar-refractivity contribution in [3.8, 4) is 5.75 Å². The minimum Gasteiger partial charge on any atom is -0.506 e. The summed E-state index contributed by atoms with van der Waals surface area (Å²) in [6, 6.07) is 5.45. The molecular formula is C17H20N2O2S. The molecule has 0 bridgehead atoms. The van der Waals surface area contributed by atoms with E-state index in [2.05, 4.69) is 18.8 Å². The van der Waals surface area contributed by atoms with Crippen molar-refractivity contribution in [3.63, 3.8) is 0 Å². The van der Waals surface area contributed by atoms with Crippen molar-refractivity contribution in [2.45, 2.75) is 33.1 Å². The summed E-state index contributed by atoms with van der Waals surface area (Å²) in [4.78, 5) is 19.5. The summed E-state index contributed by atoms with van der Waals surface area (Å²) in [5, 5.41) is 11.1. The Hall–Kier alpha value is -1.88. The van der Waals surface area contributed by atoms with E-state index in [1.807, 2.05) is 12.1 Å². The van der Waals surface area contributed by atoms with E-state index in [0.717, 1.165) is 29.8 Å². The van der Waals surface area contributed by atoms with Gasteiger partial charge in [0.1, 0.15) is 10.6 Å². The molecule has 5 heteroatoms. The van der Waals surface area contributed by atoms with E-state index in [-0.39, 0.29) is 11.7 Å². The van der Waals surface area contributed by atoms with Crippen LogP contribution in [-0.4, -0.2) is 22.5 Å². The summed E-state index contributed by atoms with van der Waals surface area (Å²) in [6.07, 6.45) is 4.37. The van der Waals surface area contributed by atoms with Gasteiger partial charge in [-0.3, -0.25) is 4.79 Å². The van der Waals surface area contributed by atoms with Crippen molar-refractivity contribution in [1.29, 1.82) is 0 Å². The number of thiazole rings is 1. The number of phenols is 1. The van der Waals surface area contributed by atoms with Crippen molar-refractivity contribution in [3.05, 3.63) is 39.8 Å². The number of benzene rings is 1. The van der Waals surface area contributed by atoms with Gasteiger partial charge in [0.2, 0.25) is 0 Å². The van der Waals surface area contributed by atoms with Crippen molar-refractivity contribution in [2.24, 2.45) is 5.92 Å². The fourth-order valence-electron chi connectivity index (χ4n) is 2.82. The van der Waals surface area contributed by atoms with Crippen LogP contribution in [0.3, 0.4) is 0 Å². The van der Waals surface area contributed by atoms with Gasteiger partial charge in [0.25, 0.3) is 5.91 Å². The molecule has 1 N–H and O–H groups in total. The molecule has 0 saturated carbocycles. The van der Waals surface area contributed by atoms with Crippen LogP contribution in [0.1, 0.15) is 40.5 Å². The first-order chi connectivity index (χ1) is 10.6. The fraction of sp³-hybridized carbons (Fsp3) is 0.412. The molecule has 0 spiro atoms. The summed E-state index contributed by atoms with van der Waals surface area (Å²) in [7, 11) is 0. The highest BCUT2D eigenvalue weighted by Crippen LogP contribution is 2.36. The fourth-order valence-corrected chi connectivity index (χ4v) is 3.90. The molecule has 22 heavy (non-hydrogen) atoms. The number of para-hydroxylation sites is 1. The van der Waals surface area contributed by atoms with E-state index in [0.29, 0.717) is 23.0 Å². The first kappa shape index (κ1) is 15.0. The van der Waals surface area contributed by atoms with Crippen LogP contribution in [0.4, 0.5) is 5.69 Å². The first-order valence-corrected chi connectivity index (χ1v) is 8.45. The van der Waals surface area contributed by atoms with Gasteiger partial charge in [-0.25, -0.2) is 4.98 Å². The van der Waals surface area contributed by atoms with Gasteiger partial charge in [0.15, 0.2) is 0 Å². The molecule has 1 amide bonds. The largest absolute Gasteiger partial charge is 0.506 e. The molecule has 2 heterocycles. The van der Waals surface area contributed by atoms with Gasteiger partial charge in [-0.1, -0.05) is 26.0 Å². The van der Waals surface area contributed by atoms with Gasteiger partial charge in [0, 0.05) is 13.0 Å². The normalized spacial score (nSPS) is 14.2. The van der Waals surface area contributed by atoms with E-state index in [9.17, 15) is 9.90 Å². The van der Waals surface area contributed by atoms with Crippen LogP contribution < -0.4 is 4.90 Å². The van der Waals surface area contributed by atoms with E-state index < -0.39 is 0 Å². The van der Waals surface area contributed by atoms with E-state index in [1.165, 1.54) is 11.3 Å². The predicted molar refractivity (Wildman–Crippen MR) is 88.8 cm³/mol. The Balaban J connectivity index is 1.89. The highest BCUT2D eigenvalue weighted by molar-refractivity contribution is 7.13. The number of rotatable bonds is 3. The average molecular weight is 316 g/mol. The van der Waals surface area contributed by atoms with Crippen molar-refractivity contribution >= 4 is 22.9 Å². The molecule has 1 aromatic heterocycles. The second-order valence-electron chi connectivity index (χ2n) is 6.06. The van der Waals surface area contributed by atoms with Gasteiger partial charge < -0.3 is 10.0 Å².